The minimum atomic E-state index is -3.68. The lowest BCUT2D eigenvalue weighted by atomic mass is 10.2. The van der Waals surface area contributed by atoms with Crippen LogP contribution in [0.15, 0.2) is 117 Å². The van der Waals surface area contributed by atoms with Crippen molar-refractivity contribution in [2.45, 2.75) is 85.2 Å². The number of hydrogen-bond acceptors (Lipinski definition) is 9. The van der Waals surface area contributed by atoms with E-state index in [1.807, 2.05) is 13.8 Å². The van der Waals surface area contributed by atoms with Crippen molar-refractivity contribution >= 4 is 19.7 Å². The Morgan fingerprint density at radius 3 is 1.02 bits per heavy atom. The third-order valence-corrected chi connectivity index (χ3v) is 11.2. The fraction of sp³-hybridized carbons (Fsp3) is 0.368. The number of benzene rings is 4. The van der Waals surface area contributed by atoms with Gasteiger partial charge in [0.05, 0.1) is 45.0 Å². The lowest BCUT2D eigenvalue weighted by molar-refractivity contribution is 0.0764. The summed E-state index contributed by atoms with van der Waals surface area (Å²) < 4.78 is 80.9. The van der Waals surface area contributed by atoms with Crippen molar-refractivity contribution in [1.82, 2.24) is 0 Å². The van der Waals surface area contributed by atoms with Crippen LogP contribution in [-0.2, 0) is 24.4 Å². The Hall–Kier alpha value is -4.06. The fourth-order valence-electron chi connectivity index (χ4n) is 5.03. The standard InChI is InChI=1S/C38H46O9S2/c1-5-7-29(3)46-33-13-21-37(22-14-33)48(39,40)35-17-9-31(10-18-35)44-27-25-43-26-28-45-32-11-19-36(20-12-32)49(41,42)38-23-15-34(16-24-38)47-30(4)8-6-2/h9-24,29-30H,5-8,25-28H2,1-4H3. The summed E-state index contributed by atoms with van der Waals surface area (Å²) in [5.41, 5.74) is 0. The largest absolute Gasteiger partial charge is 0.491 e. The zero-order chi connectivity index (χ0) is 35.3. The zero-order valence-corrected chi connectivity index (χ0v) is 30.2. The summed E-state index contributed by atoms with van der Waals surface area (Å²) >= 11 is 0. The Morgan fingerprint density at radius 2 is 0.735 bits per heavy atom. The van der Waals surface area contributed by atoms with E-state index in [-0.39, 0.29) is 45.0 Å². The molecule has 11 heteroatoms. The highest BCUT2D eigenvalue weighted by molar-refractivity contribution is 7.91. The molecule has 0 heterocycles. The van der Waals surface area contributed by atoms with Crippen molar-refractivity contribution in [2.75, 3.05) is 26.4 Å². The average molecular weight is 711 g/mol. The van der Waals surface area contributed by atoms with Crippen LogP contribution in [0.5, 0.6) is 23.0 Å². The van der Waals surface area contributed by atoms with E-state index in [0.717, 1.165) is 25.7 Å². The first-order chi connectivity index (χ1) is 23.5. The zero-order valence-electron chi connectivity index (χ0n) is 28.5. The maximum absolute atomic E-state index is 13.1. The van der Waals surface area contributed by atoms with Gasteiger partial charge in [-0.3, -0.25) is 0 Å². The number of ether oxygens (including phenoxy) is 5. The lowest BCUT2D eigenvalue weighted by Crippen LogP contribution is -2.12. The molecule has 4 aromatic rings. The minimum Gasteiger partial charge on any atom is -0.491 e. The molecule has 9 nitrogen and oxygen atoms in total. The molecule has 4 rings (SSSR count). The van der Waals surface area contributed by atoms with Crippen molar-refractivity contribution in [3.63, 3.8) is 0 Å². The Morgan fingerprint density at radius 1 is 0.449 bits per heavy atom. The molecule has 0 amide bonds. The molecule has 2 unspecified atom stereocenters. The van der Waals surface area contributed by atoms with E-state index in [1.54, 1.807) is 72.8 Å². The topological polar surface area (TPSA) is 114 Å². The molecule has 4 aromatic carbocycles. The van der Waals surface area contributed by atoms with Gasteiger partial charge in [0.15, 0.2) is 0 Å². The molecule has 0 aliphatic carbocycles. The van der Waals surface area contributed by atoms with E-state index in [1.165, 1.54) is 24.3 Å². The normalized spacial score (nSPS) is 13.0. The van der Waals surface area contributed by atoms with Gasteiger partial charge in [-0.05, 0) is 124 Å². The lowest BCUT2D eigenvalue weighted by Gasteiger charge is -2.14. The minimum absolute atomic E-state index is 0.0629. The number of rotatable bonds is 20. The summed E-state index contributed by atoms with van der Waals surface area (Å²) in [6.07, 6.45) is 4.00. The molecule has 0 aliphatic heterocycles. The average Bonchev–Trinajstić information content (AvgIpc) is 3.09. The highest BCUT2D eigenvalue weighted by Gasteiger charge is 2.19. The van der Waals surface area contributed by atoms with Crippen molar-refractivity contribution < 1.29 is 40.5 Å². The molecule has 0 aliphatic rings. The van der Waals surface area contributed by atoms with Crippen LogP contribution in [0.4, 0.5) is 0 Å². The van der Waals surface area contributed by atoms with Crippen LogP contribution < -0.4 is 18.9 Å². The fourth-order valence-corrected chi connectivity index (χ4v) is 7.55. The third kappa shape index (κ3) is 11.0. The van der Waals surface area contributed by atoms with Gasteiger partial charge in [-0.2, -0.15) is 0 Å². The molecule has 0 spiro atoms. The quantitative estimate of drug-likeness (QED) is 0.0843. The van der Waals surface area contributed by atoms with Gasteiger partial charge in [-0.1, -0.05) is 26.7 Å². The Kier molecular flexibility index (Phi) is 13.9. The molecule has 0 saturated heterocycles. The molecule has 0 aromatic heterocycles. The van der Waals surface area contributed by atoms with E-state index in [0.29, 0.717) is 36.2 Å². The van der Waals surface area contributed by atoms with Gasteiger partial charge in [0.2, 0.25) is 19.7 Å². The van der Waals surface area contributed by atoms with Crippen LogP contribution in [0.2, 0.25) is 0 Å². The summed E-state index contributed by atoms with van der Waals surface area (Å²) in [7, 11) is -7.37. The summed E-state index contributed by atoms with van der Waals surface area (Å²) in [5.74, 6) is 2.32. The van der Waals surface area contributed by atoms with Gasteiger partial charge in [0.25, 0.3) is 0 Å². The second-order valence-electron chi connectivity index (χ2n) is 11.6. The van der Waals surface area contributed by atoms with Crippen molar-refractivity contribution in [3.8, 4) is 23.0 Å². The molecule has 0 saturated carbocycles. The van der Waals surface area contributed by atoms with Gasteiger partial charge in [-0.25, -0.2) is 16.8 Å². The van der Waals surface area contributed by atoms with Crippen molar-refractivity contribution in [3.05, 3.63) is 97.1 Å². The predicted octanol–water partition coefficient (Wildman–Crippen LogP) is 7.96. The summed E-state index contributed by atoms with van der Waals surface area (Å²) in [6, 6.07) is 25.5. The maximum Gasteiger partial charge on any atom is 0.206 e. The maximum atomic E-state index is 13.1. The van der Waals surface area contributed by atoms with Gasteiger partial charge < -0.3 is 23.7 Å². The highest BCUT2D eigenvalue weighted by Crippen LogP contribution is 2.27. The second-order valence-corrected chi connectivity index (χ2v) is 15.5. The number of hydrogen-bond donors (Lipinski definition) is 0. The molecule has 0 bridgehead atoms. The van der Waals surface area contributed by atoms with Gasteiger partial charge in [0.1, 0.15) is 36.2 Å². The SMILES string of the molecule is CCCC(C)Oc1ccc(S(=O)(=O)c2ccc(OCCOCCOc3ccc(S(=O)(=O)c4ccc(OC(C)CCC)cc4)cc3)cc2)cc1. The van der Waals surface area contributed by atoms with E-state index < -0.39 is 19.7 Å². The van der Waals surface area contributed by atoms with E-state index in [2.05, 4.69) is 13.8 Å². The Bertz CT molecular complexity index is 1650. The van der Waals surface area contributed by atoms with Crippen molar-refractivity contribution in [1.29, 1.82) is 0 Å². The molecule has 264 valence electrons. The first-order valence-corrected chi connectivity index (χ1v) is 19.6. The summed E-state index contributed by atoms with van der Waals surface area (Å²) in [4.78, 5) is 0.724. The highest BCUT2D eigenvalue weighted by atomic mass is 32.2. The van der Waals surface area contributed by atoms with E-state index >= 15 is 0 Å². The van der Waals surface area contributed by atoms with Gasteiger partial charge >= 0.3 is 0 Å². The van der Waals surface area contributed by atoms with Crippen molar-refractivity contribution in [2.24, 2.45) is 0 Å². The predicted molar refractivity (Wildman–Crippen MR) is 188 cm³/mol. The van der Waals surface area contributed by atoms with E-state index in [9.17, 15) is 16.8 Å². The molecule has 0 N–H and O–H groups in total. The number of sulfone groups is 2. The van der Waals surface area contributed by atoms with Gasteiger partial charge in [-0.15, -0.1) is 0 Å². The Balaban J connectivity index is 1.16. The molecular formula is C38H46O9S2. The monoisotopic (exact) mass is 710 g/mol. The smallest absolute Gasteiger partial charge is 0.206 e. The molecular weight excluding hydrogens is 665 g/mol. The van der Waals surface area contributed by atoms with Gasteiger partial charge in [0, 0.05) is 0 Å². The van der Waals surface area contributed by atoms with E-state index in [4.69, 9.17) is 23.7 Å². The van der Waals surface area contributed by atoms with Crippen LogP contribution in [0.1, 0.15) is 53.4 Å². The third-order valence-electron chi connectivity index (χ3n) is 7.59. The van der Waals surface area contributed by atoms with Crippen LogP contribution in [0, 0.1) is 0 Å². The van der Waals surface area contributed by atoms with Crippen LogP contribution in [-0.4, -0.2) is 55.5 Å². The molecule has 0 radical (unpaired) electrons. The molecule has 49 heavy (non-hydrogen) atoms. The second kappa shape index (κ2) is 18.1. The molecule has 2 atom stereocenters. The summed E-state index contributed by atoms with van der Waals surface area (Å²) in [6.45, 7) is 9.29. The Labute approximate surface area is 291 Å². The van der Waals surface area contributed by atoms with Crippen LogP contribution in [0.3, 0.4) is 0 Å². The summed E-state index contributed by atoms with van der Waals surface area (Å²) in [5, 5.41) is 0. The van der Waals surface area contributed by atoms with Crippen LogP contribution in [0.25, 0.3) is 0 Å². The van der Waals surface area contributed by atoms with Crippen LogP contribution >= 0.6 is 0 Å². The first kappa shape index (κ1) is 37.8. The molecule has 0 fully saturated rings. The first-order valence-electron chi connectivity index (χ1n) is 16.6.